The zero-order valence-corrected chi connectivity index (χ0v) is 68.3. The minimum Gasteiger partial charge on any atom is -0.491 e. The van der Waals surface area contributed by atoms with Gasteiger partial charge in [-0.25, -0.2) is 0 Å². The van der Waals surface area contributed by atoms with Gasteiger partial charge in [0.25, 0.3) is 0 Å². The molecule has 0 bridgehead atoms. The summed E-state index contributed by atoms with van der Waals surface area (Å²) in [4.78, 5) is 128. The summed E-state index contributed by atoms with van der Waals surface area (Å²) in [7, 11) is 0. The molecule has 2 aromatic carbocycles. The number of rotatable bonds is 22. The number of allylic oxidation sites excluding steroid dienone is 2. The number of Topliss-reactive ketones (excluding diaryl/α,β-unsaturated/α-hetero) is 2. The Bertz CT molecular complexity index is 4370. The van der Waals surface area contributed by atoms with Crippen LogP contribution in [0.5, 0.6) is 23.0 Å². The lowest BCUT2D eigenvalue weighted by Gasteiger charge is -2.29. The van der Waals surface area contributed by atoms with E-state index in [4.69, 9.17) is 71.1 Å². The smallest absolute Gasteiger partial charge is 0.310 e. The van der Waals surface area contributed by atoms with Crippen LogP contribution in [0.3, 0.4) is 0 Å². The molecule has 2 aromatic heterocycles. The number of ether oxygens (including phenoxy) is 8. The molecular formula is C90H114Cl2N6O18. The molecule has 0 radical (unpaired) electrons. The average molecular weight is 1640 g/mol. The van der Waals surface area contributed by atoms with E-state index in [-0.39, 0.29) is 111 Å². The van der Waals surface area contributed by atoms with Crippen molar-refractivity contribution in [3.63, 3.8) is 0 Å². The SMILES string of the molecule is O=C(C[C@H]1CCCCC/C=C\[C@@H]2C[C@@]2(C(=O)O)CC(=O)[C@@H]2C[C@@H](Oc3cc(C4CC4)nc4c(Cl)c(OCCN5CCOCC5)ccc34)CN2C1=O)OC1C[C@@H]2C[C@@H]2C1.O=C(C[C@H]1CCCCCCC[C@@H]2C[C@@]2(C(=O)O)CC(=O)[C@@H]2C[C@@H](Oc3cc(C4CC4)nc4c(Cl)c(OCCN5CCOCC5)ccc34)CN2C1=O)OC1C[C@@H]2C[C@@H]2C1. The molecule has 8 saturated carbocycles. The first-order valence-corrected chi connectivity index (χ1v) is 44.7. The highest BCUT2D eigenvalue weighted by Crippen LogP contribution is 2.60. The number of morpholine rings is 2. The molecule has 14 aliphatic rings. The van der Waals surface area contributed by atoms with Crippen molar-refractivity contribution in [3.8, 4) is 23.0 Å². The number of amides is 2. The maximum Gasteiger partial charge on any atom is 0.310 e. The molecule has 8 heterocycles. The maximum absolute atomic E-state index is 14.7. The summed E-state index contributed by atoms with van der Waals surface area (Å²) < 4.78 is 48.7. The fraction of sp³-hybridized carbons (Fsp3) is 0.689. The van der Waals surface area contributed by atoms with Gasteiger partial charge in [0, 0.05) is 123 Å². The predicted octanol–water partition coefficient (Wildman–Crippen LogP) is 13.7. The van der Waals surface area contributed by atoms with Crippen LogP contribution in [0.4, 0.5) is 0 Å². The lowest BCUT2D eigenvalue weighted by molar-refractivity contribution is -0.154. The molecule has 6 aliphatic heterocycles. The van der Waals surface area contributed by atoms with Gasteiger partial charge in [-0.3, -0.25) is 58.1 Å². The molecular weight excluding hydrogens is 1520 g/mol. The quantitative estimate of drug-likeness (QED) is 0.0546. The van der Waals surface area contributed by atoms with Gasteiger partial charge in [-0.1, -0.05) is 80.3 Å². The van der Waals surface area contributed by atoms with E-state index in [1.165, 1.54) is 12.8 Å². The number of ketones is 2. The predicted molar refractivity (Wildman–Crippen MR) is 430 cm³/mol. The third-order valence-electron chi connectivity index (χ3n) is 28.3. The number of nitrogens with zero attached hydrogens (tertiary/aromatic N) is 6. The van der Waals surface area contributed by atoms with Crippen LogP contribution >= 0.6 is 23.2 Å². The first-order chi connectivity index (χ1) is 56.3. The third kappa shape index (κ3) is 18.7. The highest BCUT2D eigenvalue weighted by Gasteiger charge is 2.63. The molecule has 626 valence electrons. The Hall–Kier alpha value is -7.22. The number of hydrogen-bond acceptors (Lipinski definition) is 20. The summed E-state index contributed by atoms with van der Waals surface area (Å²) in [5, 5.41) is 23.0. The van der Waals surface area contributed by atoms with Gasteiger partial charge in [0.15, 0.2) is 11.6 Å². The van der Waals surface area contributed by atoms with Gasteiger partial charge in [0.05, 0.1) is 86.3 Å². The molecule has 16 atom stereocenters. The van der Waals surface area contributed by atoms with Gasteiger partial charge in [-0.15, -0.1) is 0 Å². The highest BCUT2D eigenvalue weighted by molar-refractivity contribution is 6.37. The van der Waals surface area contributed by atoms with Crippen LogP contribution in [0.1, 0.15) is 216 Å². The minimum atomic E-state index is -1.17. The van der Waals surface area contributed by atoms with Crippen LogP contribution < -0.4 is 18.9 Å². The van der Waals surface area contributed by atoms with Crippen molar-refractivity contribution in [2.45, 2.75) is 241 Å². The molecule has 116 heavy (non-hydrogen) atoms. The van der Waals surface area contributed by atoms with Crippen molar-refractivity contribution in [1.29, 1.82) is 0 Å². The second-order valence-electron chi connectivity index (χ2n) is 36.6. The number of carboxylic acid groups (broad SMARTS) is 2. The molecule has 4 aromatic rings. The highest BCUT2D eigenvalue weighted by atomic mass is 35.5. The molecule has 2 unspecified atom stereocenters. The summed E-state index contributed by atoms with van der Waals surface area (Å²) in [6, 6.07) is 9.69. The Morgan fingerprint density at radius 2 is 0.940 bits per heavy atom. The minimum absolute atomic E-state index is 0.0240. The summed E-state index contributed by atoms with van der Waals surface area (Å²) in [6.45, 7) is 9.08. The first-order valence-electron chi connectivity index (χ1n) is 43.9. The van der Waals surface area contributed by atoms with E-state index in [2.05, 4.69) is 9.80 Å². The second kappa shape index (κ2) is 35.2. The standard InChI is InChI=1S/C45H58ClN3O9.C45H56ClN3O9/c2*46-41-38(56-17-14-48-12-15-55-16-13-48)11-10-34-39(23-35(27-8-9-27)47-42(34)41)57-33-22-36-37(50)25-45(44(53)54)24-31(45)7-5-3-1-2-4-6-28(43(52)49(36)26-33)21-40(51)58-32-19-29-18-30(29)20-32/h10-11,23,27-33,36H,1-9,12-22,24-26H2,(H,53,54);5,7,10-11,23,27-33,36H,1-4,6,8-9,12-22,24-26H2,(H,53,54)/b;7-5-/t2*28-,29-,30+,31-,32?,33-,36+,45-/m11/s1. The Balaban J connectivity index is 0.000000167. The van der Waals surface area contributed by atoms with Crippen LogP contribution in [0.15, 0.2) is 48.6 Å². The zero-order chi connectivity index (χ0) is 79.9. The summed E-state index contributed by atoms with van der Waals surface area (Å²) >= 11 is 14.1. The Labute approximate surface area is 688 Å². The molecule has 2 amide bonds. The van der Waals surface area contributed by atoms with Gasteiger partial charge < -0.3 is 57.9 Å². The summed E-state index contributed by atoms with van der Waals surface area (Å²) in [5.74, 6) is 0.319. The molecule has 0 spiro atoms. The average Bonchev–Trinajstić information content (AvgIpc) is 1.56. The van der Waals surface area contributed by atoms with Crippen molar-refractivity contribution in [2.24, 2.45) is 58.2 Å². The number of halogens is 2. The molecule has 13 fully saturated rings. The van der Waals surface area contributed by atoms with Crippen molar-refractivity contribution in [2.75, 3.05) is 92.0 Å². The van der Waals surface area contributed by atoms with Gasteiger partial charge in [-0.05, 0) is 169 Å². The van der Waals surface area contributed by atoms with Gasteiger partial charge >= 0.3 is 23.9 Å². The van der Waals surface area contributed by atoms with Crippen LogP contribution in [0.2, 0.25) is 10.0 Å². The molecule has 2 N–H and O–H groups in total. The fourth-order valence-electron chi connectivity index (χ4n) is 20.7. The van der Waals surface area contributed by atoms with Gasteiger partial charge in [-0.2, -0.15) is 0 Å². The number of hydrogen-bond donors (Lipinski definition) is 2. The largest absolute Gasteiger partial charge is 0.491 e. The van der Waals surface area contributed by atoms with E-state index >= 15 is 0 Å². The molecule has 26 heteroatoms. The number of esters is 2. The van der Waals surface area contributed by atoms with E-state index in [1.807, 2.05) is 48.6 Å². The Kier molecular flexibility index (Phi) is 24.6. The van der Waals surface area contributed by atoms with E-state index in [0.717, 1.165) is 179 Å². The van der Waals surface area contributed by atoms with Crippen molar-refractivity contribution in [1.82, 2.24) is 29.6 Å². The number of carbonyl (C=O) groups excluding carboxylic acids is 6. The van der Waals surface area contributed by atoms with E-state index in [1.54, 1.807) is 9.80 Å². The van der Waals surface area contributed by atoms with E-state index < -0.39 is 58.9 Å². The lowest BCUT2D eigenvalue weighted by atomic mass is 9.90. The Morgan fingerprint density at radius 3 is 1.40 bits per heavy atom. The van der Waals surface area contributed by atoms with Crippen molar-refractivity contribution >= 4 is 92.3 Å². The summed E-state index contributed by atoms with van der Waals surface area (Å²) in [5.41, 5.74) is 0.673. The monoisotopic (exact) mass is 1640 g/mol. The van der Waals surface area contributed by atoms with Crippen LogP contribution in [-0.2, 0) is 57.3 Å². The van der Waals surface area contributed by atoms with Crippen LogP contribution in [-0.4, -0.2) is 216 Å². The number of aliphatic carboxylic acids is 2. The van der Waals surface area contributed by atoms with Gasteiger partial charge in [0.1, 0.15) is 70.7 Å². The molecule has 5 saturated heterocycles. The maximum atomic E-state index is 14.7. The van der Waals surface area contributed by atoms with E-state index in [9.17, 15) is 48.6 Å². The fourth-order valence-corrected chi connectivity index (χ4v) is 21.2. The number of carbonyl (C=O) groups is 8. The Morgan fingerprint density at radius 1 is 0.500 bits per heavy atom. The molecule has 24 nitrogen and oxygen atoms in total. The number of pyridine rings is 2. The number of aromatic nitrogens is 2. The van der Waals surface area contributed by atoms with Crippen molar-refractivity contribution in [3.05, 3.63) is 70.0 Å². The van der Waals surface area contributed by atoms with Gasteiger partial charge in [0.2, 0.25) is 11.8 Å². The van der Waals surface area contributed by atoms with Crippen LogP contribution in [0.25, 0.3) is 21.8 Å². The first kappa shape index (κ1) is 81.2. The van der Waals surface area contributed by atoms with E-state index in [0.29, 0.717) is 142 Å². The number of fused-ring (bicyclic) bond motifs is 8. The van der Waals surface area contributed by atoms with Crippen molar-refractivity contribution < 1.29 is 86.5 Å². The number of benzene rings is 2. The normalized spacial score (nSPS) is 33.2. The second-order valence-corrected chi connectivity index (χ2v) is 37.3. The van der Waals surface area contributed by atoms with Crippen LogP contribution in [0, 0.1) is 58.2 Å². The molecule has 8 aliphatic carbocycles. The molecule has 18 rings (SSSR count). The third-order valence-corrected chi connectivity index (χ3v) is 29.0. The number of carboxylic acids is 2. The topological polar surface area (TPSA) is 290 Å². The lowest BCUT2D eigenvalue weighted by Crippen LogP contribution is -2.45. The summed E-state index contributed by atoms with van der Waals surface area (Å²) in [6.07, 6.45) is 23.6. The zero-order valence-electron chi connectivity index (χ0n) is 66.8.